The van der Waals surface area contributed by atoms with Crippen molar-refractivity contribution in [1.29, 1.82) is 0 Å². The molecule has 3 aromatic rings. The largest absolute Gasteiger partial charge is 0.324 e. The van der Waals surface area contributed by atoms with E-state index in [1.165, 1.54) is 5.56 Å². The first kappa shape index (κ1) is 18.6. The molecular formula is C22H24N4O. The highest BCUT2D eigenvalue weighted by molar-refractivity contribution is 6.03. The number of hydrogen-bond donors (Lipinski definition) is 2. The summed E-state index contributed by atoms with van der Waals surface area (Å²) in [5, 5.41) is 6.08. The molecule has 0 radical (unpaired) electrons. The molecule has 0 atom stereocenters. The zero-order valence-electron chi connectivity index (χ0n) is 15.9. The number of para-hydroxylation sites is 1. The van der Waals surface area contributed by atoms with Gasteiger partial charge in [0, 0.05) is 17.6 Å². The molecule has 1 amide bonds. The summed E-state index contributed by atoms with van der Waals surface area (Å²) in [7, 11) is 0. The van der Waals surface area contributed by atoms with Crippen LogP contribution in [0.5, 0.6) is 0 Å². The maximum absolute atomic E-state index is 12.6. The Morgan fingerprint density at radius 3 is 2.48 bits per heavy atom. The van der Waals surface area contributed by atoms with Crippen molar-refractivity contribution in [2.24, 2.45) is 0 Å². The van der Waals surface area contributed by atoms with Crippen LogP contribution >= 0.6 is 0 Å². The number of benzene rings is 2. The fourth-order valence-electron chi connectivity index (χ4n) is 2.76. The number of aromatic nitrogens is 2. The lowest BCUT2D eigenvalue weighted by molar-refractivity contribution is 0.102. The second-order valence-corrected chi connectivity index (χ2v) is 6.63. The molecule has 0 saturated carbocycles. The van der Waals surface area contributed by atoms with Gasteiger partial charge in [0.05, 0.1) is 0 Å². The number of carbonyl (C=O) groups is 1. The first-order valence-corrected chi connectivity index (χ1v) is 9.16. The predicted molar refractivity (Wildman–Crippen MR) is 110 cm³/mol. The Bertz CT molecular complexity index is 920. The molecule has 1 aromatic heterocycles. The molecule has 0 aliphatic heterocycles. The molecule has 5 heteroatoms. The highest BCUT2D eigenvalue weighted by Crippen LogP contribution is 2.20. The molecule has 0 bridgehead atoms. The molecule has 0 aliphatic carbocycles. The van der Waals surface area contributed by atoms with Crippen molar-refractivity contribution in [3.05, 3.63) is 77.6 Å². The van der Waals surface area contributed by atoms with Crippen LogP contribution in [0.1, 0.15) is 48.3 Å². The molecule has 0 spiro atoms. The Balaban J connectivity index is 1.73. The van der Waals surface area contributed by atoms with Crippen molar-refractivity contribution >= 4 is 23.2 Å². The smallest absolute Gasteiger partial charge is 0.274 e. The number of amides is 1. The van der Waals surface area contributed by atoms with Crippen LogP contribution in [0.2, 0.25) is 0 Å². The third-order valence-corrected chi connectivity index (χ3v) is 4.37. The third-order valence-electron chi connectivity index (χ3n) is 4.37. The van der Waals surface area contributed by atoms with E-state index in [4.69, 9.17) is 0 Å². The van der Waals surface area contributed by atoms with Gasteiger partial charge in [-0.15, -0.1) is 0 Å². The lowest BCUT2D eigenvalue weighted by Crippen LogP contribution is -2.15. The van der Waals surface area contributed by atoms with Gasteiger partial charge in [0.2, 0.25) is 5.95 Å². The minimum absolute atomic E-state index is 0.253. The molecule has 2 aromatic carbocycles. The summed E-state index contributed by atoms with van der Waals surface area (Å²) < 4.78 is 0. The summed E-state index contributed by atoms with van der Waals surface area (Å²) in [6.07, 6.45) is 2.43. The molecule has 1 heterocycles. The van der Waals surface area contributed by atoms with Gasteiger partial charge in [0.15, 0.2) is 0 Å². The third kappa shape index (κ3) is 4.70. The number of hydrogen-bond acceptors (Lipinski definition) is 4. The van der Waals surface area contributed by atoms with E-state index in [-0.39, 0.29) is 5.91 Å². The van der Waals surface area contributed by atoms with Crippen LogP contribution in [0.25, 0.3) is 0 Å². The average Bonchev–Trinajstić information content (AvgIpc) is 2.69. The van der Waals surface area contributed by atoms with Crippen LogP contribution in [0, 0.1) is 0 Å². The molecule has 0 unspecified atom stereocenters. The van der Waals surface area contributed by atoms with E-state index in [9.17, 15) is 4.79 Å². The first-order chi connectivity index (χ1) is 13.1. The maximum atomic E-state index is 12.6. The Morgan fingerprint density at radius 1 is 1.04 bits per heavy atom. The Labute approximate surface area is 159 Å². The number of aryl methyl sites for hydroxylation is 1. The fraction of sp³-hybridized carbons (Fsp3) is 0.227. The van der Waals surface area contributed by atoms with E-state index in [0.29, 0.717) is 17.6 Å². The summed E-state index contributed by atoms with van der Waals surface area (Å²) in [5.74, 6) is 0.619. The molecule has 0 saturated heterocycles. The number of rotatable bonds is 6. The van der Waals surface area contributed by atoms with Gasteiger partial charge in [0.1, 0.15) is 5.69 Å². The van der Waals surface area contributed by atoms with Crippen LogP contribution in [0.15, 0.2) is 60.8 Å². The summed E-state index contributed by atoms with van der Waals surface area (Å²) in [6.45, 7) is 6.37. The van der Waals surface area contributed by atoms with Gasteiger partial charge >= 0.3 is 0 Å². The predicted octanol–water partition coefficient (Wildman–Crippen LogP) is 5.16. The van der Waals surface area contributed by atoms with Gasteiger partial charge < -0.3 is 10.6 Å². The van der Waals surface area contributed by atoms with E-state index < -0.39 is 0 Å². The first-order valence-electron chi connectivity index (χ1n) is 9.16. The SMILES string of the molecule is CCc1ccccc1NC(=O)c1ccnc(Nc2ccc(C(C)C)cc2)n1. The second-order valence-electron chi connectivity index (χ2n) is 6.63. The van der Waals surface area contributed by atoms with Crippen LogP contribution in [0.4, 0.5) is 17.3 Å². The van der Waals surface area contributed by atoms with Crippen molar-refractivity contribution in [3.8, 4) is 0 Å². The van der Waals surface area contributed by atoms with Gasteiger partial charge in [-0.3, -0.25) is 4.79 Å². The van der Waals surface area contributed by atoms with Crippen LogP contribution in [0.3, 0.4) is 0 Å². The van der Waals surface area contributed by atoms with Crippen molar-refractivity contribution in [2.45, 2.75) is 33.1 Å². The van der Waals surface area contributed by atoms with E-state index in [1.807, 2.05) is 36.4 Å². The van der Waals surface area contributed by atoms with E-state index in [0.717, 1.165) is 23.4 Å². The van der Waals surface area contributed by atoms with Crippen molar-refractivity contribution in [3.63, 3.8) is 0 Å². The average molecular weight is 360 g/mol. The summed E-state index contributed by atoms with van der Waals surface area (Å²) in [5.41, 5.74) is 4.36. The van der Waals surface area contributed by atoms with Crippen molar-refractivity contribution < 1.29 is 4.79 Å². The lowest BCUT2D eigenvalue weighted by atomic mass is 10.0. The molecule has 27 heavy (non-hydrogen) atoms. The van der Waals surface area contributed by atoms with Crippen molar-refractivity contribution in [2.75, 3.05) is 10.6 Å². The van der Waals surface area contributed by atoms with E-state index in [2.05, 4.69) is 53.5 Å². The minimum atomic E-state index is -0.253. The standard InChI is InChI=1S/C22H24N4O/c1-4-16-7-5-6-8-19(16)25-21(27)20-13-14-23-22(26-20)24-18-11-9-17(10-12-18)15(2)3/h5-15H,4H2,1-3H3,(H,25,27)(H,23,24,26). The van der Waals surface area contributed by atoms with Crippen LogP contribution in [-0.2, 0) is 6.42 Å². The highest BCUT2D eigenvalue weighted by atomic mass is 16.1. The zero-order chi connectivity index (χ0) is 19.2. The second kappa shape index (κ2) is 8.45. The fourth-order valence-corrected chi connectivity index (χ4v) is 2.76. The Morgan fingerprint density at radius 2 is 1.78 bits per heavy atom. The zero-order valence-corrected chi connectivity index (χ0v) is 15.9. The lowest BCUT2D eigenvalue weighted by Gasteiger charge is -2.11. The van der Waals surface area contributed by atoms with E-state index >= 15 is 0 Å². The van der Waals surface area contributed by atoms with Gasteiger partial charge in [0.25, 0.3) is 5.91 Å². The van der Waals surface area contributed by atoms with Crippen molar-refractivity contribution in [1.82, 2.24) is 9.97 Å². The number of nitrogens with one attached hydrogen (secondary N) is 2. The molecular weight excluding hydrogens is 336 g/mol. The molecule has 138 valence electrons. The summed E-state index contributed by atoms with van der Waals surface area (Å²) in [6, 6.07) is 17.5. The minimum Gasteiger partial charge on any atom is -0.324 e. The van der Waals surface area contributed by atoms with Gasteiger partial charge in [-0.2, -0.15) is 0 Å². The van der Waals surface area contributed by atoms with Crippen LogP contribution in [-0.4, -0.2) is 15.9 Å². The number of carbonyl (C=O) groups excluding carboxylic acids is 1. The topological polar surface area (TPSA) is 66.9 Å². The summed E-state index contributed by atoms with van der Waals surface area (Å²) >= 11 is 0. The molecule has 2 N–H and O–H groups in total. The van der Waals surface area contributed by atoms with Gasteiger partial charge in [-0.1, -0.05) is 51.1 Å². The Hall–Kier alpha value is -3.21. The van der Waals surface area contributed by atoms with E-state index in [1.54, 1.807) is 12.3 Å². The van der Waals surface area contributed by atoms with Gasteiger partial charge in [-0.25, -0.2) is 9.97 Å². The maximum Gasteiger partial charge on any atom is 0.274 e. The molecule has 0 aliphatic rings. The normalized spacial score (nSPS) is 10.7. The highest BCUT2D eigenvalue weighted by Gasteiger charge is 2.11. The quantitative estimate of drug-likeness (QED) is 0.637. The molecule has 5 nitrogen and oxygen atoms in total. The Kier molecular flexibility index (Phi) is 5.81. The molecule has 3 rings (SSSR count). The van der Waals surface area contributed by atoms with Crippen LogP contribution < -0.4 is 10.6 Å². The monoisotopic (exact) mass is 360 g/mol. The van der Waals surface area contributed by atoms with Gasteiger partial charge in [-0.05, 0) is 47.7 Å². The molecule has 0 fully saturated rings. The number of anilines is 3. The summed E-state index contributed by atoms with van der Waals surface area (Å²) in [4.78, 5) is 21.1. The number of nitrogens with zero attached hydrogens (tertiary/aromatic N) is 2.